The third-order valence-electron chi connectivity index (χ3n) is 0.488. The Kier molecular flexibility index (Phi) is 2.47. The Balaban J connectivity index is 3.85. The number of ether oxygens (including phenoxy) is 1. The van der Waals surface area contributed by atoms with Crippen LogP contribution >= 0.6 is 0 Å². The van der Waals surface area contributed by atoms with Crippen molar-refractivity contribution in [1.29, 1.82) is 0 Å². The van der Waals surface area contributed by atoms with Crippen LogP contribution in [0.4, 0.5) is 18.0 Å². The van der Waals surface area contributed by atoms with Gasteiger partial charge in [-0.3, -0.25) is 0 Å². The van der Waals surface area contributed by atoms with E-state index >= 15 is 0 Å². The van der Waals surface area contributed by atoms with Gasteiger partial charge in [-0.1, -0.05) is 0 Å². The van der Waals surface area contributed by atoms with Crippen LogP contribution in [0.3, 0.4) is 0 Å². The van der Waals surface area contributed by atoms with Crippen molar-refractivity contribution in [2.45, 2.75) is 12.5 Å². The molecule has 0 aromatic heterocycles. The van der Waals surface area contributed by atoms with Crippen molar-refractivity contribution in [3.8, 4) is 0 Å². The molecule has 0 fully saturated rings. The van der Waals surface area contributed by atoms with Gasteiger partial charge in [-0.25, -0.2) is 0 Å². The van der Waals surface area contributed by atoms with Crippen LogP contribution in [-0.2, 0) is 4.74 Å². The van der Waals surface area contributed by atoms with Crippen molar-refractivity contribution in [2.75, 3.05) is 0 Å². The number of hydrogen-bond acceptors (Lipinski definition) is 4. The minimum atomic E-state index is -5.10. The smallest absolute Gasteiger partial charge is 0.433 e. The maximum atomic E-state index is 11.1. The summed E-state index contributed by atoms with van der Waals surface area (Å²) in [6.45, 7) is 0. The molecule has 0 aromatic carbocycles. The van der Waals surface area contributed by atoms with Gasteiger partial charge in [0.05, 0.1) is 0 Å². The van der Waals surface area contributed by atoms with Crippen LogP contribution in [0.25, 0.3) is 0 Å². The van der Waals surface area contributed by atoms with Gasteiger partial charge in [-0.05, 0) is 0 Å². The van der Waals surface area contributed by atoms with E-state index in [4.69, 9.17) is 5.11 Å². The summed E-state index contributed by atoms with van der Waals surface area (Å²) < 4.78 is 36.3. The fraction of sp³-hybridized carbons (Fsp3) is 0.667. The number of aliphatic hydroxyl groups excluding tert-OH is 1. The first-order chi connectivity index (χ1) is 4.34. The van der Waals surface area contributed by atoms with E-state index in [-0.39, 0.29) is 0 Å². The van der Waals surface area contributed by atoms with Gasteiger partial charge in [0.1, 0.15) is 0 Å². The van der Waals surface area contributed by atoms with Gasteiger partial charge in [0.15, 0.2) is 0 Å². The minimum absolute atomic E-state index is 2.43. The molecule has 0 aromatic rings. The van der Waals surface area contributed by atoms with E-state index < -0.39 is 18.6 Å². The molecule has 7 heteroatoms. The van der Waals surface area contributed by atoms with E-state index in [0.29, 0.717) is 0 Å². The second-order valence-corrected chi connectivity index (χ2v) is 1.26. The molecule has 1 N–H and O–H groups in total. The van der Waals surface area contributed by atoms with Crippen LogP contribution in [0.1, 0.15) is 0 Å². The maximum absolute atomic E-state index is 11.1. The van der Waals surface area contributed by atoms with Gasteiger partial charge >= 0.3 is 6.18 Å². The molecule has 0 spiro atoms. The van der Waals surface area contributed by atoms with Crippen molar-refractivity contribution in [3.63, 3.8) is 0 Å². The van der Waals surface area contributed by atoms with E-state index in [1.807, 2.05) is 0 Å². The molecule has 0 amide bonds. The Morgan fingerprint density at radius 1 is 1.60 bits per heavy atom. The van der Waals surface area contributed by atoms with Crippen LogP contribution in [0.2, 0.25) is 0 Å². The lowest BCUT2D eigenvalue weighted by Gasteiger charge is -2.18. The second-order valence-electron chi connectivity index (χ2n) is 1.26. The summed E-state index contributed by atoms with van der Waals surface area (Å²) in [7, 11) is 0. The molecular formula is C3H2F3O4-. The zero-order chi connectivity index (χ0) is 8.36. The maximum Gasteiger partial charge on any atom is 0.433 e. The summed E-state index contributed by atoms with van der Waals surface area (Å²) in [5.41, 5.74) is 0. The topological polar surface area (TPSA) is 69.6 Å². The number of halogens is 3. The quantitative estimate of drug-likeness (QED) is 0.402. The molecule has 0 saturated carbocycles. The highest BCUT2D eigenvalue weighted by Gasteiger charge is 2.37. The van der Waals surface area contributed by atoms with E-state index in [1.54, 1.807) is 0 Å². The molecule has 0 saturated heterocycles. The number of rotatable bonds is 1. The lowest BCUT2D eigenvalue weighted by Crippen LogP contribution is -2.38. The summed E-state index contributed by atoms with van der Waals surface area (Å²) in [6.07, 6.45) is -10.8. The molecule has 0 aliphatic heterocycles. The standard InChI is InChI=1S/C3H3F3O4/c4-3(5,6)1(7)10-2(8)9/h1,7H,(H,8,9)/p-1. The summed E-state index contributed by atoms with van der Waals surface area (Å²) in [6, 6.07) is 0. The number of aliphatic hydroxyl groups is 1. The molecule has 0 heterocycles. The van der Waals surface area contributed by atoms with Crippen molar-refractivity contribution < 1.29 is 32.9 Å². The monoisotopic (exact) mass is 159 g/mol. The first-order valence-electron chi connectivity index (χ1n) is 1.96. The van der Waals surface area contributed by atoms with E-state index in [1.165, 1.54) is 0 Å². The average Bonchev–Trinajstić information content (AvgIpc) is 1.60. The Morgan fingerprint density at radius 2 is 2.00 bits per heavy atom. The summed E-state index contributed by atoms with van der Waals surface area (Å²) in [5.74, 6) is 0. The highest BCUT2D eigenvalue weighted by molar-refractivity contribution is 5.54. The first-order valence-corrected chi connectivity index (χ1v) is 1.96. The van der Waals surface area contributed by atoms with E-state index in [2.05, 4.69) is 4.74 Å². The fourth-order valence-electron chi connectivity index (χ4n) is 0.158. The predicted molar refractivity (Wildman–Crippen MR) is 18.5 cm³/mol. The molecule has 0 radical (unpaired) electrons. The highest BCUT2D eigenvalue weighted by atomic mass is 19.4. The molecule has 1 atom stereocenters. The predicted octanol–water partition coefficient (Wildman–Crippen LogP) is -0.773. The molecule has 0 aliphatic carbocycles. The normalized spacial score (nSPS) is 14.4. The second kappa shape index (κ2) is 2.74. The average molecular weight is 159 g/mol. The lowest BCUT2D eigenvalue weighted by atomic mass is 10.6. The van der Waals surface area contributed by atoms with Crippen LogP contribution in [-0.4, -0.2) is 23.7 Å². The third-order valence-corrected chi connectivity index (χ3v) is 0.488. The zero-order valence-electron chi connectivity index (χ0n) is 4.38. The highest BCUT2D eigenvalue weighted by Crippen LogP contribution is 2.20. The molecule has 4 nitrogen and oxygen atoms in total. The number of carboxylic acid groups (broad SMARTS) is 1. The number of carbonyl (C=O) groups excluding carboxylic acids is 1. The third kappa shape index (κ3) is 3.13. The Bertz CT molecular complexity index is 130. The fourth-order valence-corrected chi connectivity index (χ4v) is 0.158. The van der Waals surface area contributed by atoms with Crippen molar-refractivity contribution in [3.05, 3.63) is 0 Å². The summed E-state index contributed by atoms with van der Waals surface area (Å²) >= 11 is 0. The molecule has 60 valence electrons. The molecule has 0 rings (SSSR count). The minimum Gasteiger partial charge on any atom is -0.513 e. The first kappa shape index (κ1) is 9.02. The molecule has 10 heavy (non-hydrogen) atoms. The largest absolute Gasteiger partial charge is 0.513 e. The van der Waals surface area contributed by atoms with E-state index in [9.17, 15) is 23.1 Å². The van der Waals surface area contributed by atoms with E-state index in [0.717, 1.165) is 0 Å². The van der Waals surface area contributed by atoms with Crippen LogP contribution in [0.5, 0.6) is 0 Å². The Hall–Kier alpha value is -0.980. The molecule has 0 aliphatic rings. The summed E-state index contributed by atoms with van der Waals surface area (Å²) in [5, 5.41) is 17.1. The SMILES string of the molecule is O=C([O-])OC(O)C(F)(F)F. The molecule has 0 bridgehead atoms. The van der Waals surface area contributed by atoms with Gasteiger partial charge in [-0.2, -0.15) is 13.2 Å². The van der Waals surface area contributed by atoms with Gasteiger partial charge < -0.3 is 19.7 Å². The van der Waals surface area contributed by atoms with Crippen molar-refractivity contribution in [1.82, 2.24) is 0 Å². The zero-order valence-corrected chi connectivity index (χ0v) is 4.38. The number of carbonyl (C=O) groups is 1. The Labute approximate surface area is 52.8 Å². The van der Waals surface area contributed by atoms with Gasteiger partial charge in [0, 0.05) is 0 Å². The Morgan fingerprint density at radius 3 is 2.10 bits per heavy atom. The molecule has 1 unspecified atom stereocenters. The van der Waals surface area contributed by atoms with Gasteiger partial charge in [-0.15, -0.1) is 0 Å². The van der Waals surface area contributed by atoms with Gasteiger partial charge in [0.25, 0.3) is 6.16 Å². The van der Waals surface area contributed by atoms with Crippen molar-refractivity contribution in [2.24, 2.45) is 0 Å². The van der Waals surface area contributed by atoms with Crippen LogP contribution in [0.15, 0.2) is 0 Å². The van der Waals surface area contributed by atoms with Gasteiger partial charge in [0.2, 0.25) is 6.29 Å². The van der Waals surface area contributed by atoms with Crippen molar-refractivity contribution >= 4 is 6.16 Å². The van der Waals surface area contributed by atoms with Crippen LogP contribution in [0, 0.1) is 0 Å². The summed E-state index contributed by atoms with van der Waals surface area (Å²) in [4.78, 5) is 9.26. The molecular weight excluding hydrogens is 157 g/mol. The number of alkyl halides is 3. The lowest BCUT2D eigenvalue weighted by molar-refractivity contribution is -0.337. The number of hydrogen-bond donors (Lipinski definition) is 1. The van der Waals surface area contributed by atoms with Crippen LogP contribution < -0.4 is 5.11 Å².